The zero-order valence-corrected chi connectivity index (χ0v) is 13.6. The lowest BCUT2D eigenvalue weighted by Gasteiger charge is -2.24. The van der Waals surface area contributed by atoms with Crippen molar-refractivity contribution >= 4 is 23.7 Å². The van der Waals surface area contributed by atoms with Crippen molar-refractivity contribution in [3.05, 3.63) is 64.1 Å². The zero-order valence-electron chi connectivity index (χ0n) is 12.0. The van der Waals surface area contributed by atoms with Gasteiger partial charge >= 0.3 is 0 Å². The molecule has 0 amide bonds. The van der Waals surface area contributed by atoms with Gasteiger partial charge in [-0.3, -0.25) is 0 Å². The number of rotatable bonds is 3. The summed E-state index contributed by atoms with van der Waals surface area (Å²) in [4.78, 5) is 1.49. The summed E-state index contributed by atoms with van der Waals surface area (Å²) in [5.74, 6) is 0. The lowest BCUT2D eigenvalue weighted by atomic mass is 9.97. The zero-order chi connectivity index (χ0) is 14.1. The summed E-state index contributed by atoms with van der Waals surface area (Å²) in [6, 6.07) is 11.2. The molecule has 0 radical (unpaired) electrons. The minimum atomic E-state index is 0. The van der Waals surface area contributed by atoms with Gasteiger partial charge < -0.3 is 5.32 Å². The van der Waals surface area contributed by atoms with Crippen LogP contribution in [0.2, 0.25) is 0 Å². The maximum atomic E-state index is 4.06. The second-order valence-electron chi connectivity index (χ2n) is 5.29. The number of aromatic nitrogens is 3. The Morgan fingerprint density at radius 1 is 1.32 bits per heavy atom. The molecule has 1 aromatic carbocycles. The third kappa shape index (κ3) is 2.92. The highest BCUT2D eigenvalue weighted by molar-refractivity contribution is 7.10. The normalized spacial score (nSPS) is 16.8. The fourth-order valence-electron chi connectivity index (χ4n) is 2.91. The van der Waals surface area contributed by atoms with Crippen molar-refractivity contribution in [1.29, 1.82) is 0 Å². The van der Waals surface area contributed by atoms with Crippen molar-refractivity contribution in [3.63, 3.8) is 0 Å². The van der Waals surface area contributed by atoms with E-state index < -0.39 is 0 Å². The summed E-state index contributed by atoms with van der Waals surface area (Å²) >= 11 is 1.86. The van der Waals surface area contributed by atoms with Gasteiger partial charge in [0.25, 0.3) is 0 Å². The number of halogens is 1. The van der Waals surface area contributed by atoms with Gasteiger partial charge in [-0.15, -0.1) is 28.8 Å². The molecule has 6 heteroatoms. The van der Waals surface area contributed by atoms with Gasteiger partial charge in [-0.1, -0.05) is 17.3 Å². The maximum absolute atomic E-state index is 4.06. The smallest absolute Gasteiger partial charge is 0.0697 e. The highest BCUT2D eigenvalue weighted by Crippen LogP contribution is 2.30. The van der Waals surface area contributed by atoms with Crippen LogP contribution in [-0.2, 0) is 12.8 Å². The number of fused-ring (bicyclic) bond motifs is 1. The van der Waals surface area contributed by atoms with E-state index in [9.17, 15) is 0 Å². The van der Waals surface area contributed by atoms with E-state index in [1.165, 1.54) is 16.0 Å². The monoisotopic (exact) mass is 332 g/mol. The van der Waals surface area contributed by atoms with Crippen LogP contribution < -0.4 is 5.32 Å². The molecule has 1 atom stereocenters. The van der Waals surface area contributed by atoms with E-state index in [0.29, 0.717) is 6.04 Å². The fraction of sp³-hybridized carbons (Fsp3) is 0.250. The standard InChI is InChI=1S/C16H16N4S.ClH/c1-2-12(10-14(3-1)20-8-7-18-19-20)11-15-16-13(4-6-17-15)5-9-21-16;/h1-3,5,7-10,15,17H,4,6,11H2;1H. The second kappa shape index (κ2) is 6.60. The number of nitrogens with one attached hydrogen (secondary N) is 1. The molecule has 3 aromatic rings. The summed E-state index contributed by atoms with van der Waals surface area (Å²) in [6.07, 6.45) is 5.73. The third-order valence-electron chi connectivity index (χ3n) is 3.92. The quantitative estimate of drug-likeness (QED) is 0.801. The summed E-state index contributed by atoms with van der Waals surface area (Å²) in [6.45, 7) is 1.07. The molecule has 0 aliphatic carbocycles. The number of benzene rings is 1. The lowest BCUT2D eigenvalue weighted by molar-refractivity contribution is 0.512. The van der Waals surface area contributed by atoms with Gasteiger partial charge in [0.15, 0.2) is 0 Å². The molecular weight excluding hydrogens is 316 g/mol. The van der Waals surface area contributed by atoms with Gasteiger partial charge in [-0.05, 0) is 54.1 Å². The molecule has 1 unspecified atom stereocenters. The second-order valence-corrected chi connectivity index (χ2v) is 6.24. The van der Waals surface area contributed by atoms with Crippen LogP contribution in [0, 0.1) is 0 Å². The predicted octanol–water partition coefficient (Wildman–Crippen LogP) is 3.18. The summed E-state index contributed by atoms with van der Waals surface area (Å²) < 4.78 is 1.80. The Kier molecular flexibility index (Phi) is 4.57. The van der Waals surface area contributed by atoms with Crippen LogP contribution in [0.3, 0.4) is 0 Å². The molecule has 1 N–H and O–H groups in total. The molecule has 0 saturated heterocycles. The van der Waals surface area contributed by atoms with Crippen LogP contribution in [0.5, 0.6) is 0 Å². The van der Waals surface area contributed by atoms with Crippen LogP contribution in [0.1, 0.15) is 22.0 Å². The van der Waals surface area contributed by atoms with E-state index in [1.54, 1.807) is 10.9 Å². The lowest BCUT2D eigenvalue weighted by Crippen LogP contribution is -2.29. The van der Waals surface area contributed by atoms with Gasteiger partial charge in [-0.25, -0.2) is 4.68 Å². The fourth-order valence-corrected chi connectivity index (χ4v) is 3.94. The van der Waals surface area contributed by atoms with Gasteiger partial charge in [0, 0.05) is 10.9 Å². The first kappa shape index (κ1) is 15.2. The molecule has 2 aromatic heterocycles. The number of hydrogen-bond donors (Lipinski definition) is 1. The summed E-state index contributed by atoms with van der Waals surface area (Å²) in [5, 5.41) is 13.8. The molecular formula is C16H17ClN4S. The molecule has 3 heterocycles. The number of thiophene rings is 1. The van der Waals surface area contributed by atoms with E-state index in [4.69, 9.17) is 0 Å². The largest absolute Gasteiger partial charge is 0.309 e. The van der Waals surface area contributed by atoms with Crippen LogP contribution in [0.25, 0.3) is 5.69 Å². The van der Waals surface area contributed by atoms with Crippen molar-refractivity contribution in [2.24, 2.45) is 0 Å². The van der Waals surface area contributed by atoms with Gasteiger partial charge in [-0.2, -0.15) is 0 Å². The van der Waals surface area contributed by atoms with Crippen molar-refractivity contribution in [2.45, 2.75) is 18.9 Å². The molecule has 0 spiro atoms. The molecule has 4 rings (SSSR count). The Labute approximate surface area is 139 Å². The Bertz CT molecular complexity index is 738. The Balaban J connectivity index is 0.00000144. The molecule has 22 heavy (non-hydrogen) atoms. The molecule has 1 aliphatic rings. The van der Waals surface area contributed by atoms with Crippen molar-refractivity contribution in [2.75, 3.05) is 6.54 Å². The van der Waals surface area contributed by atoms with E-state index in [-0.39, 0.29) is 12.4 Å². The van der Waals surface area contributed by atoms with Crippen LogP contribution >= 0.6 is 23.7 Å². The van der Waals surface area contributed by atoms with Crippen molar-refractivity contribution in [3.8, 4) is 5.69 Å². The Hall–Kier alpha value is -1.69. The van der Waals surface area contributed by atoms with Crippen LogP contribution in [0.15, 0.2) is 48.1 Å². The van der Waals surface area contributed by atoms with Gasteiger partial charge in [0.05, 0.1) is 18.1 Å². The summed E-state index contributed by atoms with van der Waals surface area (Å²) in [7, 11) is 0. The molecule has 1 aliphatic heterocycles. The first-order valence-electron chi connectivity index (χ1n) is 7.15. The third-order valence-corrected chi connectivity index (χ3v) is 4.99. The van der Waals surface area contributed by atoms with Gasteiger partial charge in [0.1, 0.15) is 0 Å². The molecule has 114 valence electrons. The average molecular weight is 333 g/mol. The van der Waals surface area contributed by atoms with Crippen LogP contribution in [0.4, 0.5) is 0 Å². The van der Waals surface area contributed by atoms with Crippen molar-refractivity contribution in [1.82, 2.24) is 20.3 Å². The average Bonchev–Trinajstić information content (AvgIpc) is 3.20. The first-order chi connectivity index (χ1) is 10.4. The molecule has 4 nitrogen and oxygen atoms in total. The SMILES string of the molecule is Cl.c1cc(CC2NCCc3ccsc32)cc(-n2ccnn2)c1. The van der Waals surface area contributed by atoms with Crippen LogP contribution in [-0.4, -0.2) is 21.5 Å². The van der Waals surface area contributed by atoms with E-state index in [1.807, 2.05) is 17.5 Å². The molecule has 0 saturated carbocycles. The molecule has 0 bridgehead atoms. The topological polar surface area (TPSA) is 42.7 Å². The molecule has 0 fully saturated rings. The highest BCUT2D eigenvalue weighted by Gasteiger charge is 2.21. The highest BCUT2D eigenvalue weighted by atomic mass is 35.5. The minimum Gasteiger partial charge on any atom is -0.309 e. The number of hydrogen-bond acceptors (Lipinski definition) is 4. The van der Waals surface area contributed by atoms with E-state index in [2.05, 4.69) is 51.3 Å². The maximum Gasteiger partial charge on any atom is 0.0697 e. The predicted molar refractivity (Wildman–Crippen MR) is 91.1 cm³/mol. The van der Waals surface area contributed by atoms with Gasteiger partial charge in [0.2, 0.25) is 0 Å². The minimum absolute atomic E-state index is 0. The van der Waals surface area contributed by atoms with Crippen molar-refractivity contribution < 1.29 is 0 Å². The van der Waals surface area contributed by atoms with E-state index >= 15 is 0 Å². The first-order valence-corrected chi connectivity index (χ1v) is 8.03. The Morgan fingerprint density at radius 2 is 2.27 bits per heavy atom. The van der Waals surface area contributed by atoms with E-state index in [0.717, 1.165) is 25.1 Å². The Morgan fingerprint density at radius 3 is 3.14 bits per heavy atom. The summed E-state index contributed by atoms with van der Waals surface area (Å²) in [5.41, 5.74) is 3.89. The number of nitrogens with zero attached hydrogens (tertiary/aromatic N) is 3.